The zero-order valence-corrected chi connectivity index (χ0v) is 40.0. The Labute approximate surface area is 388 Å². The number of rotatable bonds is 13. The molecule has 7 fully saturated rings. The lowest BCUT2D eigenvalue weighted by molar-refractivity contribution is -0.350. The Balaban J connectivity index is 1.11. The molecule has 7 aliphatic rings. The van der Waals surface area contributed by atoms with Crippen molar-refractivity contribution in [2.24, 2.45) is 45.3 Å². The summed E-state index contributed by atoms with van der Waals surface area (Å²) in [5.41, 5.74) is -1.06. The summed E-state index contributed by atoms with van der Waals surface area (Å²) < 4.78 is 36.6. The third kappa shape index (κ3) is 8.90. The summed E-state index contributed by atoms with van der Waals surface area (Å²) in [5, 5.41) is 129. The van der Waals surface area contributed by atoms with E-state index in [2.05, 4.69) is 40.7 Å². The highest BCUT2D eigenvalue weighted by Gasteiger charge is 2.72. The van der Waals surface area contributed by atoms with E-state index in [1.807, 2.05) is 20.8 Å². The Hall–Kier alpha value is -0.980. The maximum atomic E-state index is 12.7. The second kappa shape index (κ2) is 19.6. The van der Waals surface area contributed by atoms with Gasteiger partial charge >= 0.3 is 0 Å². The Morgan fingerprint density at radius 1 is 0.621 bits per heavy atom. The standard InChI is InChI=1S/C48H82O18/c1-22(2)10-9-14-48(8,66-43-40(60)37(57)34(54)27(64-43)21-61-41-38(58)35(55)32(52)25(19-49)62-41)23-11-16-47(7)31(23)24(51)18-29-45(5)15-13-30(44(3,4)28(45)12-17-46(29,47)6)65-42-39(59)36(56)33(53)26(20-50)63-42/h10,23-43,49-60H,9,11-21H2,1-8H3/t23-,24+,25+,26+,27+,28?,29?,30?,31-,32+,33+,34+,35-,36-,37-,38+,39+,40+,41+,42-,43-,45-,46+,47-,48+/m0/s1. The minimum absolute atomic E-state index is 0.133. The first-order valence-corrected chi connectivity index (χ1v) is 24.4. The number of aliphatic hydroxyl groups is 12. The molecule has 18 heteroatoms. The molecule has 3 aliphatic heterocycles. The number of fused-ring (bicyclic) bond motifs is 5. The van der Waals surface area contributed by atoms with E-state index in [-0.39, 0.29) is 46.0 Å². The monoisotopic (exact) mass is 947 g/mol. The number of ether oxygens (including phenoxy) is 6. The van der Waals surface area contributed by atoms with Gasteiger partial charge in [0.05, 0.1) is 37.6 Å². The molecule has 0 aromatic carbocycles. The van der Waals surface area contributed by atoms with Crippen LogP contribution in [0, 0.1) is 45.3 Å². The summed E-state index contributed by atoms with van der Waals surface area (Å²) in [6.07, 6.45) is -14.9. The van der Waals surface area contributed by atoms with Gasteiger partial charge in [-0.3, -0.25) is 0 Å². The van der Waals surface area contributed by atoms with E-state index in [1.165, 1.54) is 0 Å². The quantitative estimate of drug-likeness (QED) is 0.0853. The van der Waals surface area contributed by atoms with Crippen molar-refractivity contribution in [1.82, 2.24) is 0 Å². The predicted octanol–water partition coefficient (Wildman–Crippen LogP) is -0.0268. The van der Waals surface area contributed by atoms with Crippen LogP contribution in [0.25, 0.3) is 0 Å². The van der Waals surface area contributed by atoms with Crippen LogP contribution in [0.3, 0.4) is 0 Å². The van der Waals surface area contributed by atoms with Crippen molar-refractivity contribution < 1.29 is 89.7 Å². The highest BCUT2D eigenvalue weighted by molar-refractivity contribution is 5.20. The van der Waals surface area contributed by atoms with Gasteiger partial charge in [-0.15, -0.1) is 0 Å². The van der Waals surface area contributed by atoms with Crippen LogP contribution in [0.5, 0.6) is 0 Å². The number of hydrogen-bond donors (Lipinski definition) is 12. The molecule has 382 valence electrons. The summed E-state index contributed by atoms with van der Waals surface area (Å²) in [4.78, 5) is 0. The molecule has 18 nitrogen and oxygen atoms in total. The Morgan fingerprint density at radius 2 is 1.15 bits per heavy atom. The van der Waals surface area contributed by atoms with Gasteiger partial charge in [0.2, 0.25) is 0 Å². The average Bonchev–Trinajstić information content (AvgIpc) is 3.65. The van der Waals surface area contributed by atoms with Crippen molar-refractivity contribution in [3.8, 4) is 0 Å². The Kier molecular flexibility index (Phi) is 15.7. The molecule has 12 N–H and O–H groups in total. The molecule has 0 radical (unpaired) electrons. The fourth-order valence-corrected chi connectivity index (χ4v) is 14.8. The molecule has 3 unspecified atom stereocenters. The zero-order chi connectivity index (χ0) is 48.6. The van der Waals surface area contributed by atoms with Crippen LogP contribution in [0.15, 0.2) is 11.6 Å². The second-order valence-electron chi connectivity index (χ2n) is 22.9. The number of aliphatic hydroxyl groups excluding tert-OH is 12. The maximum absolute atomic E-state index is 12.7. The first-order valence-electron chi connectivity index (χ1n) is 24.4. The van der Waals surface area contributed by atoms with Crippen molar-refractivity contribution in [3.63, 3.8) is 0 Å². The molecular weight excluding hydrogens is 865 g/mol. The lowest BCUT2D eigenvalue weighted by atomic mass is 9.35. The van der Waals surface area contributed by atoms with Crippen LogP contribution in [0.1, 0.15) is 113 Å². The molecule has 0 amide bonds. The van der Waals surface area contributed by atoms with Gasteiger partial charge in [0.25, 0.3) is 0 Å². The molecule has 66 heavy (non-hydrogen) atoms. The molecule has 4 aliphatic carbocycles. The van der Waals surface area contributed by atoms with Crippen LogP contribution >= 0.6 is 0 Å². The highest BCUT2D eigenvalue weighted by Crippen LogP contribution is 2.76. The van der Waals surface area contributed by atoms with E-state index in [4.69, 9.17) is 28.4 Å². The molecule has 4 saturated carbocycles. The van der Waals surface area contributed by atoms with Gasteiger partial charge in [-0.1, -0.05) is 46.3 Å². The summed E-state index contributed by atoms with van der Waals surface area (Å²) in [6.45, 7) is 15.8. The molecule has 0 aromatic rings. The predicted molar refractivity (Wildman–Crippen MR) is 234 cm³/mol. The molecule has 0 spiro atoms. The van der Waals surface area contributed by atoms with E-state index in [0.29, 0.717) is 32.1 Å². The number of hydrogen-bond acceptors (Lipinski definition) is 18. The lowest BCUT2D eigenvalue weighted by Gasteiger charge is -2.71. The summed E-state index contributed by atoms with van der Waals surface area (Å²) in [6, 6.07) is 0. The summed E-state index contributed by atoms with van der Waals surface area (Å²) in [7, 11) is 0. The van der Waals surface area contributed by atoms with Gasteiger partial charge < -0.3 is 89.7 Å². The van der Waals surface area contributed by atoms with E-state index < -0.39 is 129 Å². The molecule has 25 atom stereocenters. The van der Waals surface area contributed by atoms with E-state index in [0.717, 1.165) is 31.3 Å². The zero-order valence-electron chi connectivity index (χ0n) is 40.0. The number of allylic oxidation sites excluding steroid dienone is 2. The van der Waals surface area contributed by atoms with E-state index in [9.17, 15) is 61.3 Å². The van der Waals surface area contributed by atoms with Crippen molar-refractivity contribution in [3.05, 3.63) is 11.6 Å². The first-order chi connectivity index (χ1) is 30.8. The van der Waals surface area contributed by atoms with Gasteiger partial charge in [-0.2, -0.15) is 0 Å². The minimum atomic E-state index is -1.72. The van der Waals surface area contributed by atoms with Crippen LogP contribution < -0.4 is 0 Å². The van der Waals surface area contributed by atoms with Crippen molar-refractivity contribution in [1.29, 1.82) is 0 Å². The van der Waals surface area contributed by atoms with Gasteiger partial charge in [0.1, 0.15) is 73.2 Å². The average molecular weight is 947 g/mol. The second-order valence-corrected chi connectivity index (χ2v) is 22.9. The van der Waals surface area contributed by atoms with Crippen LogP contribution in [-0.2, 0) is 28.4 Å². The van der Waals surface area contributed by atoms with Crippen LogP contribution in [0.4, 0.5) is 0 Å². The highest BCUT2D eigenvalue weighted by atomic mass is 16.7. The summed E-state index contributed by atoms with van der Waals surface area (Å²) in [5.74, 6) is -0.128. The van der Waals surface area contributed by atoms with E-state index in [1.54, 1.807) is 0 Å². The Bertz CT molecular complexity index is 1680. The first kappa shape index (κ1) is 52.8. The molecule has 3 heterocycles. The maximum Gasteiger partial charge on any atom is 0.187 e. The van der Waals surface area contributed by atoms with E-state index >= 15 is 0 Å². The third-order valence-corrected chi connectivity index (χ3v) is 18.8. The molecule has 7 rings (SSSR count). The third-order valence-electron chi connectivity index (χ3n) is 18.8. The smallest absolute Gasteiger partial charge is 0.187 e. The summed E-state index contributed by atoms with van der Waals surface area (Å²) >= 11 is 0. The largest absolute Gasteiger partial charge is 0.394 e. The minimum Gasteiger partial charge on any atom is -0.394 e. The van der Waals surface area contributed by atoms with Gasteiger partial charge in [0.15, 0.2) is 18.9 Å². The van der Waals surface area contributed by atoms with Gasteiger partial charge in [0, 0.05) is 0 Å². The molecule has 0 bridgehead atoms. The fourth-order valence-electron chi connectivity index (χ4n) is 14.8. The topological polar surface area (TPSA) is 298 Å². The molecular formula is C48H82O18. The Morgan fingerprint density at radius 3 is 1.74 bits per heavy atom. The molecule has 0 aromatic heterocycles. The molecule has 3 saturated heterocycles. The van der Waals surface area contributed by atoms with Crippen LogP contribution in [-0.4, -0.2) is 191 Å². The van der Waals surface area contributed by atoms with Crippen molar-refractivity contribution in [2.75, 3.05) is 19.8 Å². The SMILES string of the molecule is CC(C)=CCC[C@@](C)(O[C@@H]1O[C@H](CO[C@@H]2O[C@H](CO)[C@@H](O)[C@H](O)[C@H]2O)[C@@H](O)[C@H](O)[C@H]1O)[C@H]1CC[C@@]2(C)[C@@H]1[C@H](O)CC1[C@@]3(C)CCC(O[C@@H]4O[C@H](CO)[C@@H](O)[C@H](O)[C@H]4O)C(C)(C)C3CC[C@]12C. The fraction of sp³-hybridized carbons (Fsp3) is 0.958. The van der Waals surface area contributed by atoms with Gasteiger partial charge in [-0.05, 0) is 124 Å². The normalized spacial score (nSPS) is 52.4. The van der Waals surface area contributed by atoms with Gasteiger partial charge in [-0.25, -0.2) is 0 Å². The van der Waals surface area contributed by atoms with Crippen molar-refractivity contribution in [2.45, 2.75) is 223 Å². The van der Waals surface area contributed by atoms with Crippen LogP contribution in [0.2, 0.25) is 0 Å². The lowest BCUT2D eigenvalue weighted by Crippen LogP contribution is -2.67. The van der Waals surface area contributed by atoms with Crippen molar-refractivity contribution >= 4 is 0 Å².